The first-order chi connectivity index (χ1) is 7.76. The van der Waals surface area contributed by atoms with Crippen LogP contribution in [0.3, 0.4) is 0 Å². The summed E-state index contributed by atoms with van der Waals surface area (Å²) in [4.78, 5) is 0. The van der Waals surface area contributed by atoms with Gasteiger partial charge < -0.3 is 10.5 Å². The van der Waals surface area contributed by atoms with Gasteiger partial charge in [-0.2, -0.15) is 0 Å². The molecule has 0 radical (unpaired) electrons. The second kappa shape index (κ2) is 4.88. The minimum absolute atomic E-state index is 0.177. The highest BCUT2D eigenvalue weighted by molar-refractivity contribution is 5.39. The molecule has 0 aliphatic heterocycles. The van der Waals surface area contributed by atoms with Crippen LogP contribution in [0.4, 0.5) is 0 Å². The van der Waals surface area contributed by atoms with E-state index in [9.17, 15) is 0 Å². The fourth-order valence-corrected chi connectivity index (χ4v) is 2.68. The molecule has 0 bridgehead atoms. The van der Waals surface area contributed by atoms with E-state index in [1.54, 1.807) is 7.11 Å². The van der Waals surface area contributed by atoms with E-state index in [1.165, 1.54) is 31.2 Å². The summed E-state index contributed by atoms with van der Waals surface area (Å²) in [6, 6.07) is 8.18. The molecule has 0 saturated heterocycles. The maximum Gasteiger partial charge on any atom is 0.123 e. The first kappa shape index (κ1) is 11.5. The maximum atomic E-state index is 6.58. The van der Waals surface area contributed by atoms with Crippen molar-refractivity contribution in [2.45, 2.75) is 44.1 Å². The molecule has 16 heavy (non-hydrogen) atoms. The van der Waals surface area contributed by atoms with Crippen LogP contribution in [-0.4, -0.2) is 7.11 Å². The van der Waals surface area contributed by atoms with Crippen LogP contribution >= 0.6 is 0 Å². The van der Waals surface area contributed by atoms with Gasteiger partial charge in [-0.15, -0.1) is 0 Å². The van der Waals surface area contributed by atoms with Gasteiger partial charge in [0.2, 0.25) is 0 Å². The molecule has 2 heteroatoms. The topological polar surface area (TPSA) is 35.2 Å². The van der Waals surface area contributed by atoms with Crippen molar-refractivity contribution in [1.82, 2.24) is 0 Å². The molecule has 0 aromatic heterocycles. The van der Waals surface area contributed by atoms with Crippen molar-refractivity contribution in [3.8, 4) is 5.75 Å². The van der Waals surface area contributed by atoms with Gasteiger partial charge in [-0.05, 0) is 18.9 Å². The Balaban J connectivity index is 2.32. The third kappa shape index (κ3) is 2.22. The van der Waals surface area contributed by atoms with E-state index < -0.39 is 0 Å². The lowest BCUT2D eigenvalue weighted by atomic mass is 9.83. The van der Waals surface area contributed by atoms with Crippen molar-refractivity contribution >= 4 is 0 Å². The molecule has 1 saturated carbocycles. The second-order valence-electron chi connectivity index (χ2n) is 4.77. The van der Waals surface area contributed by atoms with Crippen molar-refractivity contribution in [1.29, 1.82) is 0 Å². The van der Waals surface area contributed by atoms with Gasteiger partial charge in [-0.3, -0.25) is 0 Å². The third-order valence-corrected chi connectivity index (χ3v) is 3.64. The number of methoxy groups -OCH3 is 1. The second-order valence-corrected chi connectivity index (χ2v) is 4.77. The molecule has 1 aliphatic carbocycles. The lowest BCUT2D eigenvalue weighted by molar-refractivity contribution is 0.349. The molecule has 2 nitrogen and oxygen atoms in total. The first-order valence-corrected chi connectivity index (χ1v) is 6.19. The number of para-hydroxylation sites is 1. The van der Waals surface area contributed by atoms with Gasteiger partial charge >= 0.3 is 0 Å². The summed E-state index contributed by atoms with van der Waals surface area (Å²) in [5.41, 5.74) is 7.58. The Hall–Kier alpha value is -1.02. The highest BCUT2D eigenvalue weighted by Crippen LogP contribution is 2.37. The summed E-state index contributed by atoms with van der Waals surface area (Å²) in [5, 5.41) is 0. The SMILES string of the molecule is COc1ccccc1C1(N)CCCCCC1. The smallest absolute Gasteiger partial charge is 0.123 e. The molecule has 0 atom stereocenters. The van der Waals surface area contributed by atoms with Crippen molar-refractivity contribution in [2.24, 2.45) is 5.73 Å². The fraction of sp³-hybridized carbons (Fsp3) is 0.571. The van der Waals surface area contributed by atoms with Crippen molar-refractivity contribution in [2.75, 3.05) is 7.11 Å². The summed E-state index contributed by atoms with van der Waals surface area (Å²) in [6.45, 7) is 0. The van der Waals surface area contributed by atoms with Crippen LogP contribution in [0.15, 0.2) is 24.3 Å². The van der Waals surface area contributed by atoms with Crippen LogP contribution in [0.2, 0.25) is 0 Å². The average Bonchev–Trinajstić information content (AvgIpc) is 2.55. The van der Waals surface area contributed by atoms with Crippen LogP contribution < -0.4 is 10.5 Å². The predicted molar refractivity (Wildman–Crippen MR) is 66.6 cm³/mol. The number of nitrogens with two attached hydrogens (primary N) is 1. The standard InChI is InChI=1S/C14H21NO/c1-16-13-9-5-4-8-12(13)14(15)10-6-2-3-7-11-14/h4-5,8-9H,2-3,6-7,10-11,15H2,1H3. The third-order valence-electron chi connectivity index (χ3n) is 3.64. The quantitative estimate of drug-likeness (QED) is 0.775. The highest BCUT2D eigenvalue weighted by atomic mass is 16.5. The molecule has 88 valence electrons. The summed E-state index contributed by atoms with van der Waals surface area (Å²) in [7, 11) is 1.72. The Labute approximate surface area is 97.8 Å². The zero-order chi connectivity index (χ0) is 11.4. The zero-order valence-corrected chi connectivity index (χ0v) is 10.0. The Morgan fingerprint density at radius 1 is 1.06 bits per heavy atom. The van der Waals surface area contributed by atoms with E-state index in [2.05, 4.69) is 12.1 Å². The molecule has 2 N–H and O–H groups in total. The van der Waals surface area contributed by atoms with Crippen LogP contribution in [-0.2, 0) is 5.54 Å². The molecular formula is C14H21NO. The van der Waals surface area contributed by atoms with Gasteiger partial charge in [0.25, 0.3) is 0 Å². The first-order valence-electron chi connectivity index (χ1n) is 6.19. The minimum Gasteiger partial charge on any atom is -0.496 e. The summed E-state index contributed by atoms with van der Waals surface area (Å²) >= 11 is 0. The van der Waals surface area contributed by atoms with Crippen LogP contribution in [0.25, 0.3) is 0 Å². The number of hydrogen-bond acceptors (Lipinski definition) is 2. The summed E-state index contributed by atoms with van der Waals surface area (Å²) < 4.78 is 5.42. The number of ether oxygens (including phenoxy) is 1. The fourth-order valence-electron chi connectivity index (χ4n) is 2.68. The van der Waals surface area contributed by atoms with E-state index in [4.69, 9.17) is 10.5 Å². The van der Waals surface area contributed by atoms with Crippen LogP contribution in [0, 0.1) is 0 Å². The Morgan fingerprint density at radius 3 is 2.31 bits per heavy atom. The number of rotatable bonds is 2. The van der Waals surface area contributed by atoms with Gasteiger partial charge in [0.05, 0.1) is 7.11 Å². The van der Waals surface area contributed by atoms with Crippen LogP contribution in [0.1, 0.15) is 44.1 Å². The molecule has 0 spiro atoms. The summed E-state index contributed by atoms with van der Waals surface area (Å²) in [5.74, 6) is 0.937. The Bertz CT molecular complexity index is 340. The average molecular weight is 219 g/mol. The van der Waals surface area contributed by atoms with Crippen molar-refractivity contribution < 1.29 is 4.74 Å². The number of benzene rings is 1. The van der Waals surface area contributed by atoms with Crippen molar-refractivity contribution in [3.63, 3.8) is 0 Å². The zero-order valence-electron chi connectivity index (χ0n) is 10.0. The van der Waals surface area contributed by atoms with Gasteiger partial charge in [-0.25, -0.2) is 0 Å². The largest absolute Gasteiger partial charge is 0.496 e. The monoisotopic (exact) mass is 219 g/mol. The lowest BCUT2D eigenvalue weighted by Gasteiger charge is -2.30. The van der Waals surface area contributed by atoms with E-state index in [0.717, 1.165) is 18.6 Å². The van der Waals surface area contributed by atoms with Crippen LogP contribution in [0.5, 0.6) is 5.75 Å². The normalized spacial score (nSPS) is 20.1. The predicted octanol–water partition coefficient (Wildman–Crippen LogP) is 3.20. The molecular weight excluding hydrogens is 198 g/mol. The number of hydrogen-bond donors (Lipinski definition) is 1. The molecule has 1 aromatic rings. The lowest BCUT2D eigenvalue weighted by Crippen LogP contribution is -2.36. The van der Waals surface area contributed by atoms with E-state index >= 15 is 0 Å². The van der Waals surface area contributed by atoms with E-state index in [0.29, 0.717) is 0 Å². The summed E-state index contributed by atoms with van der Waals surface area (Å²) in [6.07, 6.45) is 7.24. The molecule has 0 heterocycles. The maximum absolute atomic E-state index is 6.58. The molecule has 1 aliphatic rings. The Morgan fingerprint density at radius 2 is 1.69 bits per heavy atom. The Kier molecular flexibility index (Phi) is 3.49. The van der Waals surface area contributed by atoms with Crippen molar-refractivity contribution in [3.05, 3.63) is 29.8 Å². The van der Waals surface area contributed by atoms with Gasteiger partial charge in [0, 0.05) is 11.1 Å². The molecule has 1 fully saturated rings. The van der Waals surface area contributed by atoms with E-state index in [1.807, 2.05) is 12.1 Å². The highest BCUT2D eigenvalue weighted by Gasteiger charge is 2.30. The van der Waals surface area contributed by atoms with Gasteiger partial charge in [0.15, 0.2) is 0 Å². The molecule has 0 unspecified atom stereocenters. The molecule has 2 rings (SSSR count). The van der Waals surface area contributed by atoms with E-state index in [-0.39, 0.29) is 5.54 Å². The van der Waals surface area contributed by atoms with Gasteiger partial charge in [-0.1, -0.05) is 43.9 Å². The molecule has 1 aromatic carbocycles. The molecule has 0 amide bonds. The minimum atomic E-state index is -0.177. The van der Waals surface area contributed by atoms with Gasteiger partial charge in [0.1, 0.15) is 5.75 Å².